The van der Waals surface area contributed by atoms with Crippen LogP contribution in [0.25, 0.3) is 11.1 Å². The average molecular weight is 381 g/mol. The van der Waals surface area contributed by atoms with Crippen molar-refractivity contribution in [1.82, 2.24) is 5.32 Å². The molecule has 4 N–H and O–H groups in total. The number of rotatable bonds is 7. The molecule has 0 bridgehead atoms. The van der Waals surface area contributed by atoms with Gasteiger partial charge in [-0.1, -0.05) is 36.4 Å². The fourth-order valence-corrected chi connectivity index (χ4v) is 3.18. The maximum Gasteiger partial charge on any atom is 0.306 e. The third-order valence-corrected chi connectivity index (χ3v) is 4.76. The molecule has 0 radical (unpaired) electrons. The van der Waals surface area contributed by atoms with Crippen molar-refractivity contribution in [2.75, 3.05) is 13.7 Å². The highest BCUT2D eigenvalue weighted by atomic mass is 16.5. The molecule has 2 aromatic carbocycles. The van der Waals surface area contributed by atoms with E-state index in [2.05, 4.69) is 10.1 Å². The first-order valence-electron chi connectivity index (χ1n) is 9.01. The minimum Gasteiger partial charge on any atom is -0.491 e. The van der Waals surface area contributed by atoms with E-state index in [1.807, 2.05) is 48.5 Å². The normalized spacial score (nSPS) is 18.4. The highest BCUT2D eigenvalue weighted by Gasteiger charge is 2.34. The Labute approximate surface area is 163 Å². The van der Waals surface area contributed by atoms with Crippen molar-refractivity contribution in [2.24, 2.45) is 11.7 Å². The Balaban J connectivity index is 1.54. The van der Waals surface area contributed by atoms with Crippen molar-refractivity contribution in [3.8, 4) is 16.9 Å². The third-order valence-electron chi connectivity index (χ3n) is 4.76. The number of hydrogen-bond donors (Lipinski definition) is 3. The van der Waals surface area contributed by atoms with Gasteiger partial charge in [0.25, 0.3) is 0 Å². The van der Waals surface area contributed by atoms with Crippen LogP contribution < -0.4 is 15.8 Å². The molecule has 0 unspecified atom stereocenters. The van der Waals surface area contributed by atoms with E-state index < -0.39 is 0 Å². The molecule has 0 aliphatic carbocycles. The third kappa shape index (κ3) is 4.68. The van der Waals surface area contributed by atoms with E-state index >= 15 is 0 Å². The van der Waals surface area contributed by atoms with Crippen molar-refractivity contribution < 1.29 is 19.1 Å². The summed E-state index contributed by atoms with van der Waals surface area (Å²) >= 11 is 0. The van der Waals surface area contributed by atoms with Gasteiger partial charge < -0.3 is 20.5 Å². The number of amidine groups is 1. The van der Waals surface area contributed by atoms with Crippen LogP contribution in [0.1, 0.15) is 18.4 Å². The Morgan fingerprint density at radius 3 is 2.32 bits per heavy atom. The molecule has 1 aliphatic rings. The lowest BCUT2D eigenvalue weighted by Crippen LogP contribution is -2.31. The summed E-state index contributed by atoms with van der Waals surface area (Å²) in [6.45, 7) is 0.343. The first-order chi connectivity index (χ1) is 13.5. The molecule has 146 valence electrons. The van der Waals surface area contributed by atoms with Gasteiger partial charge in [0.15, 0.2) is 0 Å². The van der Waals surface area contributed by atoms with Gasteiger partial charge in [0.05, 0.1) is 25.5 Å². The number of esters is 1. The molecule has 2 atom stereocenters. The van der Waals surface area contributed by atoms with Crippen molar-refractivity contribution >= 4 is 17.7 Å². The van der Waals surface area contributed by atoms with Gasteiger partial charge in [-0.05, 0) is 29.7 Å². The Morgan fingerprint density at radius 1 is 1.14 bits per heavy atom. The molecule has 28 heavy (non-hydrogen) atoms. The molecule has 1 aliphatic heterocycles. The SMILES string of the molecule is COC(=O)C[C@@H]1C[C@H](COc2ccc(-c3ccc(C(=N)N)cc3)cc2)NC1=O. The predicted molar refractivity (Wildman–Crippen MR) is 105 cm³/mol. The first kappa shape index (κ1) is 19.4. The molecule has 7 nitrogen and oxygen atoms in total. The van der Waals surface area contributed by atoms with Crippen molar-refractivity contribution in [2.45, 2.75) is 18.9 Å². The summed E-state index contributed by atoms with van der Waals surface area (Å²) in [7, 11) is 1.32. The van der Waals surface area contributed by atoms with Crippen molar-refractivity contribution in [3.05, 3.63) is 54.1 Å². The summed E-state index contributed by atoms with van der Waals surface area (Å²) in [5, 5.41) is 10.3. The molecule has 0 saturated carbocycles. The molecular weight excluding hydrogens is 358 g/mol. The van der Waals surface area contributed by atoms with Crippen LogP contribution >= 0.6 is 0 Å². The fraction of sp³-hybridized carbons (Fsp3) is 0.286. The van der Waals surface area contributed by atoms with E-state index in [1.165, 1.54) is 7.11 Å². The summed E-state index contributed by atoms with van der Waals surface area (Å²) < 4.78 is 10.4. The van der Waals surface area contributed by atoms with E-state index in [4.69, 9.17) is 15.9 Å². The first-order valence-corrected chi connectivity index (χ1v) is 9.01. The molecule has 1 saturated heterocycles. The zero-order chi connectivity index (χ0) is 20.1. The van der Waals surface area contributed by atoms with Gasteiger partial charge in [0.2, 0.25) is 5.91 Å². The van der Waals surface area contributed by atoms with Crippen LogP contribution in [0.4, 0.5) is 0 Å². The monoisotopic (exact) mass is 381 g/mol. The topological polar surface area (TPSA) is 114 Å². The molecule has 0 spiro atoms. The number of hydrogen-bond acceptors (Lipinski definition) is 5. The molecule has 1 amide bonds. The molecule has 3 rings (SSSR count). The van der Waals surface area contributed by atoms with Crippen molar-refractivity contribution in [3.63, 3.8) is 0 Å². The summed E-state index contributed by atoms with van der Waals surface area (Å²) in [6.07, 6.45) is 0.643. The van der Waals surface area contributed by atoms with E-state index in [9.17, 15) is 9.59 Å². The maximum absolute atomic E-state index is 11.9. The van der Waals surface area contributed by atoms with Crippen LogP contribution in [0, 0.1) is 11.3 Å². The van der Waals surface area contributed by atoms with Crippen LogP contribution in [0.2, 0.25) is 0 Å². The zero-order valence-corrected chi connectivity index (χ0v) is 15.6. The highest BCUT2D eigenvalue weighted by Crippen LogP contribution is 2.24. The maximum atomic E-state index is 11.9. The van der Waals surface area contributed by atoms with Gasteiger partial charge in [-0.2, -0.15) is 0 Å². The molecule has 1 fully saturated rings. The summed E-state index contributed by atoms with van der Waals surface area (Å²) in [6, 6.07) is 15.0. The minimum absolute atomic E-state index is 0.0446. The van der Waals surface area contributed by atoms with Gasteiger partial charge >= 0.3 is 5.97 Å². The molecule has 7 heteroatoms. The standard InChI is InChI=1S/C21H23N3O4/c1-27-19(25)11-16-10-17(24-21(16)26)12-28-18-8-6-14(7-9-18)13-2-4-15(5-3-13)20(22)23/h2-9,16-17H,10-12H2,1H3,(H3,22,23)(H,24,26)/t16-,17+/m0/s1. The molecule has 1 heterocycles. The minimum atomic E-state index is -0.381. The second kappa shape index (κ2) is 8.56. The molecular formula is C21H23N3O4. The van der Waals surface area contributed by atoms with Crippen LogP contribution in [0.5, 0.6) is 5.75 Å². The second-order valence-corrected chi connectivity index (χ2v) is 6.74. The van der Waals surface area contributed by atoms with Gasteiger partial charge in [-0.15, -0.1) is 0 Å². The summed E-state index contributed by atoms with van der Waals surface area (Å²) in [5.41, 5.74) is 8.20. The van der Waals surface area contributed by atoms with E-state index in [0.29, 0.717) is 24.3 Å². The number of nitrogens with two attached hydrogens (primary N) is 1. The zero-order valence-electron chi connectivity index (χ0n) is 15.6. The lowest BCUT2D eigenvalue weighted by Gasteiger charge is -2.12. The Morgan fingerprint density at radius 2 is 1.75 bits per heavy atom. The second-order valence-electron chi connectivity index (χ2n) is 6.74. The molecule has 2 aromatic rings. The summed E-state index contributed by atoms with van der Waals surface area (Å²) in [5.74, 6) is -0.128. The molecule has 0 aromatic heterocycles. The number of carbonyl (C=O) groups excluding carboxylic acids is 2. The smallest absolute Gasteiger partial charge is 0.306 e. The Hall–Kier alpha value is -3.35. The number of benzene rings is 2. The number of methoxy groups -OCH3 is 1. The average Bonchev–Trinajstić information content (AvgIpc) is 3.06. The Bertz CT molecular complexity index is 862. The number of ether oxygens (including phenoxy) is 2. The number of nitrogen functional groups attached to an aromatic ring is 1. The lowest BCUT2D eigenvalue weighted by atomic mass is 10.0. The van der Waals surface area contributed by atoms with Crippen LogP contribution in [-0.4, -0.2) is 37.5 Å². The van der Waals surface area contributed by atoms with Crippen molar-refractivity contribution in [1.29, 1.82) is 5.41 Å². The van der Waals surface area contributed by atoms with Gasteiger partial charge in [-0.25, -0.2) is 0 Å². The highest BCUT2D eigenvalue weighted by molar-refractivity contribution is 5.95. The predicted octanol–water partition coefficient (Wildman–Crippen LogP) is 2.08. The van der Waals surface area contributed by atoms with Crippen LogP contribution in [-0.2, 0) is 14.3 Å². The summed E-state index contributed by atoms with van der Waals surface area (Å²) in [4.78, 5) is 23.3. The fourth-order valence-electron chi connectivity index (χ4n) is 3.18. The van der Waals surface area contributed by atoms with E-state index in [1.54, 1.807) is 0 Å². The van der Waals surface area contributed by atoms with Gasteiger partial charge in [0, 0.05) is 5.56 Å². The van der Waals surface area contributed by atoms with Gasteiger partial charge in [-0.3, -0.25) is 15.0 Å². The largest absolute Gasteiger partial charge is 0.491 e. The van der Waals surface area contributed by atoms with Crippen LogP contribution in [0.3, 0.4) is 0 Å². The van der Waals surface area contributed by atoms with E-state index in [-0.39, 0.29) is 36.1 Å². The van der Waals surface area contributed by atoms with E-state index in [0.717, 1.165) is 11.1 Å². The Kier molecular flexibility index (Phi) is 5.93. The number of amides is 1. The van der Waals surface area contributed by atoms with Gasteiger partial charge in [0.1, 0.15) is 18.2 Å². The number of nitrogens with one attached hydrogen (secondary N) is 2. The number of carbonyl (C=O) groups is 2. The van der Waals surface area contributed by atoms with Crippen LogP contribution in [0.15, 0.2) is 48.5 Å². The lowest BCUT2D eigenvalue weighted by molar-refractivity contribution is -0.143. The quantitative estimate of drug-likeness (QED) is 0.386.